The van der Waals surface area contributed by atoms with Crippen molar-refractivity contribution >= 4 is 33.3 Å². The van der Waals surface area contributed by atoms with Crippen LogP contribution in [0.4, 0.5) is 5.82 Å². The second-order valence-corrected chi connectivity index (χ2v) is 8.33. The number of piperidine rings is 1. The Bertz CT molecular complexity index is 819. The number of hydrogen-bond acceptors (Lipinski definition) is 7. The number of likely N-dealkylation sites (tertiary alicyclic amines) is 1. The zero-order valence-electron chi connectivity index (χ0n) is 15.3. The quantitative estimate of drug-likeness (QED) is 0.829. The zero-order chi connectivity index (χ0) is 18.1. The summed E-state index contributed by atoms with van der Waals surface area (Å²) in [5.74, 6) is 1.25. The molecule has 0 spiro atoms. The van der Waals surface area contributed by atoms with Crippen LogP contribution in [0.3, 0.4) is 0 Å². The third-order valence-corrected chi connectivity index (χ3v) is 6.57. The SMILES string of the molecule is CCOC(=O)[C@@H]1CCCN(Cc2nc(N)c3c4c(sc3n2)CCCC4)C1. The molecule has 0 saturated carbocycles. The molecule has 2 aromatic rings. The Balaban J connectivity index is 1.53. The highest BCUT2D eigenvalue weighted by Crippen LogP contribution is 2.37. The van der Waals surface area contributed by atoms with E-state index in [0.717, 1.165) is 48.3 Å². The van der Waals surface area contributed by atoms with Crippen molar-refractivity contribution in [2.45, 2.75) is 52.0 Å². The lowest BCUT2D eigenvalue weighted by atomic mass is 9.97. The van der Waals surface area contributed by atoms with Gasteiger partial charge in [0.1, 0.15) is 16.5 Å². The summed E-state index contributed by atoms with van der Waals surface area (Å²) in [5, 5.41) is 1.08. The molecule has 3 heterocycles. The van der Waals surface area contributed by atoms with Crippen molar-refractivity contribution in [2.75, 3.05) is 25.4 Å². The standard InChI is InChI=1S/C19H26N4O2S/c1-2-25-19(24)12-6-5-9-23(10-12)11-15-21-17(20)16-13-7-3-4-8-14(13)26-18(16)22-15/h12H,2-11H2,1H3,(H2,20,21,22)/t12-/m1/s1. The number of aromatic nitrogens is 2. The molecule has 1 aliphatic heterocycles. The molecule has 26 heavy (non-hydrogen) atoms. The number of rotatable bonds is 4. The number of aryl methyl sites for hydroxylation is 2. The van der Waals surface area contributed by atoms with Crippen molar-refractivity contribution in [3.63, 3.8) is 0 Å². The number of anilines is 1. The summed E-state index contributed by atoms with van der Waals surface area (Å²) in [6.45, 7) is 4.59. The molecule has 1 saturated heterocycles. The van der Waals surface area contributed by atoms with Crippen LogP contribution in [0.2, 0.25) is 0 Å². The molecule has 2 aromatic heterocycles. The first-order valence-electron chi connectivity index (χ1n) is 9.61. The Labute approximate surface area is 157 Å². The lowest BCUT2D eigenvalue weighted by molar-refractivity contribution is -0.150. The molecule has 140 valence electrons. The fourth-order valence-corrected chi connectivity index (χ4v) is 5.44. The highest BCUT2D eigenvalue weighted by atomic mass is 32.1. The van der Waals surface area contributed by atoms with E-state index >= 15 is 0 Å². The van der Waals surface area contributed by atoms with Gasteiger partial charge in [0.15, 0.2) is 0 Å². The topological polar surface area (TPSA) is 81.3 Å². The van der Waals surface area contributed by atoms with Gasteiger partial charge in [-0.15, -0.1) is 11.3 Å². The van der Waals surface area contributed by atoms with Gasteiger partial charge in [-0.05, 0) is 57.6 Å². The monoisotopic (exact) mass is 374 g/mol. The molecule has 2 aliphatic rings. The molecule has 7 heteroatoms. The summed E-state index contributed by atoms with van der Waals surface area (Å²) in [6, 6.07) is 0. The third kappa shape index (κ3) is 3.42. The number of nitrogens with zero attached hydrogens (tertiary/aromatic N) is 3. The van der Waals surface area contributed by atoms with Crippen LogP contribution in [-0.2, 0) is 28.9 Å². The summed E-state index contributed by atoms with van der Waals surface area (Å²) in [6.07, 6.45) is 6.60. The van der Waals surface area contributed by atoms with Gasteiger partial charge >= 0.3 is 5.97 Å². The molecule has 0 bridgehead atoms. The summed E-state index contributed by atoms with van der Waals surface area (Å²) < 4.78 is 5.19. The van der Waals surface area contributed by atoms with Gasteiger partial charge < -0.3 is 10.5 Å². The van der Waals surface area contributed by atoms with Crippen LogP contribution in [-0.4, -0.2) is 40.5 Å². The molecule has 1 aliphatic carbocycles. The Hall–Kier alpha value is -1.73. The van der Waals surface area contributed by atoms with Gasteiger partial charge in [0.05, 0.1) is 24.5 Å². The molecule has 0 radical (unpaired) electrons. The van der Waals surface area contributed by atoms with Crippen LogP contribution in [0.15, 0.2) is 0 Å². The predicted molar refractivity (Wildman–Crippen MR) is 103 cm³/mol. The number of esters is 1. The van der Waals surface area contributed by atoms with Crippen LogP contribution < -0.4 is 5.73 Å². The lowest BCUT2D eigenvalue weighted by Crippen LogP contribution is -2.39. The summed E-state index contributed by atoms with van der Waals surface area (Å²) >= 11 is 1.78. The number of hydrogen-bond donors (Lipinski definition) is 1. The number of thiophene rings is 1. The van der Waals surface area contributed by atoms with Gasteiger partial charge in [0.2, 0.25) is 0 Å². The summed E-state index contributed by atoms with van der Waals surface area (Å²) in [5.41, 5.74) is 7.68. The smallest absolute Gasteiger partial charge is 0.310 e. The second kappa shape index (κ2) is 7.48. The minimum Gasteiger partial charge on any atom is -0.466 e. The average Bonchev–Trinajstić information content (AvgIpc) is 3.01. The Kier molecular flexibility index (Phi) is 5.09. The lowest BCUT2D eigenvalue weighted by Gasteiger charge is -2.30. The Morgan fingerprint density at radius 2 is 2.15 bits per heavy atom. The summed E-state index contributed by atoms with van der Waals surface area (Å²) in [4.78, 5) is 26.2. The van der Waals surface area contributed by atoms with Gasteiger partial charge in [0, 0.05) is 11.4 Å². The van der Waals surface area contributed by atoms with Crippen LogP contribution in [0.25, 0.3) is 10.2 Å². The van der Waals surface area contributed by atoms with E-state index in [1.165, 1.54) is 23.3 Å². The van der Waals surface area contributed by atoms with Gasteiger partial charge in [-0.1, -0.05) is 0 Å². The third-order valence-electron chi connectivity index (χ3n) is 5.38. The minimum absolute atomic E-state index is 0.0428. The fourth-order valence-electron chi connectivity index (χ4n) is 4.15. The van der Waals surface area contributed by atoms with E-state index in [0.29, 0.717) is 25.5 Å². The zero-order valence-corrected chi connectivity index (χ0v) is 16.1. The van der Waals surface area contributed by atoms with Gasteiger partial charge in [-0.3, -0.25) is 9.69 Å². The molecule has 4 rings (SSSR count). The molecule has 1 fully saturated rings. The van der Waals surface area contributed by atoms with Crippen molar-refractivity contribution in [1.29, 1.82) is 0 Å². The molecule has 2 N–H and O–H groups in total. The molecule has 6 nitrogen and oxygen atoms in total. The van der Waals surface area contributed by atoms with Gasteiger partial charge in [-0.25, -0.2) is 9.97 Å². The first kappa shape index (κ1) is 17.7. The number of carbonyl (C=O) groups is 1. The van der Waals surface area contributed by atoms with Crippen molar-refractivity contribution in [3.8, 4) is 0 Å². The molecular formula is C19H26N4O2S. The Morgan fingerprint density at radius 3 is 3.00 bits per heavy atom. The van der Waals surface area contributed by atoms with E-state index < -0.39 is 0 Å². The maximum absolute atomic E-state index is 12.0. The predicted octanol–water partition coefficient (Wildman–Crippen LogP) is 2.93. The normalized spacial score (nSPS) is 20.9. The maximum Gasteiger partial charge on any atom is 0.310 e. The van der Waals surface area contributed by atoms with Crippen LogP contribution in [0.1, 0.15) is 48.9 Å². The van der Waals surface area contributed by atoms with E-state index in [9.17, 15) is 4.79 Å². The van der Waals surface area contributed by atoms with E-state index in [1.807, 2.05) is 6.92 Å². The number of fused-ring (bicyclic) bond motifs is 3. The number of carbonyl (C=O) groups excluding carboxylic acids is 1. The van der Waals surface area contributed by atoms with E-state index in [2.05, 4.69) is 9.88 Å². The molecule has 0 aromatic carbocycles. The first-order chi connectivity index (χ1) is 12.7. The Morgan fingerprint density at radius 1 is 1.31 bits per heavy atom. The number of nitrogen functional groups attached to an aromatic ring is 1. The van der Waals surface area contributed by atoms with Crippen LogP contribution in [0, 0.1) is 5.92 Å². The largest absolute Gasteiger partial charge is 0.466 e. The van der Waals surface area contributed by atoms with Gasteiger partial charge in [0.25, 0.3) is 0 Å². The van der Waals surface area contributed by atoms with Crippen molar-refractivity contribution in [2.24, 2.45) is 5.92 Å². The first-order valence-corrected chi connectivity index (χ1v) is 10.4. The van der Waals surface area contributed by atoms with Crippen molar-refractivity contribution in [1.82, 2.24) is 14.9 Å². The highest BCUT2D eigenvalue weighted by Gasteiger charge is 2.28. The minimum atomic E-state index is -0.0842. The number of nitrogens with two attached hydrogens (primary N) is 1. The van der Waals surface area contributed by atoms with E-state index in [-0.39, 0.29) is 11.9 Å². The average molecular weight is 375 g/mol. The van der Waals surface area contributed by atoms with Gasteiger partial charge in [-0.2, -0.15) is 0 Å². The maximum atomic E-state index is 12.0. The molecule has 0 unspecified atom stereocenters. The highest BCUT2D eigenvalue weighted by molar-refractivity contribution is 7.19. The molecule has 0 amide bonds. The molecule has 1 atom stereocenters. The second-order valence-electron chi connectivity index (χ2n) is 7.24. The van der Waals surface area contributed by atoms with E-state index in [4.69, 9.17) is 15.5 Å². The van der Waals surface area contributed by atoms with Crippen molar-refractivity contribution in [3.05, 3.63) is 16.3 Å². The van der Waals surface area contributed by atoms with E-state index in [1.54, 1.807) is 11.3 Å². The molecular weight excluding hydrogens is 348 g/mol. The van der Waals surface area contributed by atoms with Crippen molar-refractivity contribution < 1.29 is 9.53 Å². The van der Waals surface area contributed by atoms with Crippen LogP contribution in [0.5, 0.6) is 0 Å². The fraction of sp³-hybridized carbons (Fsp3) is 0.632. The summed E-state index contributed by atoms with van der Waals surface area (Å²) in [7, 11) is 0. The van der Waals surface area contributed by atoms with Crippen LogP contribution >= 0.6 is 11.3 Å². The number of ether oxygens (including phenoxy) is 1.